The van der Waals surface area contributed by atoms with Crippen LogP contribution in [0.25, 0.3) is 10.2 Å². The highest BCUT2D eigenvalue weighted by Crippen LogP contribution is 2.15. The molecule has 0 unspecified atom stereocenters. The van der Waals surface area contributed by atoms with Crippen LogP contribution in [-0.2, 0) is 16.1 Å². The minimum absolute atomic E-state index is 0. The lowest BCUT2D eigenvalue weighted by molar-refractivity contribution is -0.654. The van der Waals surface area contributed by atoms with Gasteiger partial charge in [0.2, 0.25) is 17.6 Å². The van der Waals surface area contributed by atoms with E-state index < -0.39 is 0 Å². The lowest BCUT2D eigenvalue weighted by Gasteiger charge is -2.25. The first kappa shape index (κ1) is 14.4. The zero-order valence-electron chi connectivity index (χ0n) is 10.4. The number of carbonyl (C=O) groups excluding carboxylic acids is 1. The van der Waals surface area contributed by atoms with Crippen LogP contribution in [0.15, 0.2) is 29.8 Å². The van der Waals surface area contributed by atoms with Crippen molar-refractivity contribution < 1.29 is 31.1 Å². The monoisotopic (exact) mass is 342 g/mol. The van der Waals surface area contributed by atoms with Gasteiger partial charge in [0.25, 0.3) is 5.91 Å². The fourth-order valence-electron chi connectivity index (χ4n) is 2.15. The molecule has 1 amide bonds. The van der Waals surface area contributed by atoms with Gasteiger partial charge in [-0.1, -0.05) is 23.5 Å². The molecule has 0 aliphatic carbocycles. The van der Waals surface area contributed by atoms with Crippen LogP contribution in [0, 0.1) is 0 Å². The first-order chi connectivity index (χ1) is 8.84. The molecule has 1 aromatic heterocycles. The third kappa shape index (κ3) is 3.13. The van der Waals surface area contributed by atoms with E-state index in [1.54, 1.807) is 11.3 Å². The SMILES string of the molecule is O=C(C[n+]1csc2ccccc21)N1CCOCC1.[Br-]. The summed E-state index contributed by atoms with van der Waals surface area (Å²) < 4.78 is 8.50. The van der Waals surface area contributed by atoms with Crippen LogP contribution < -0.4 is 21.5 Å². The average molecular weight is 343 g/mol. The van der Waals surface area contributed by atoms with Gasteiger partial charge in [0, 0.05) is 19.2 Å². The van der Waals surface area contributed by atoms with Crippen molar-refractivity contribution in [1.29, 1.82) is 0 Å². The quantitative estimate of drug-likeness (QED) is 0.594. The van der Waals surface area contributed by atoms with E-state index >= 15 is 0 Å². The van der Waals surface area contributed by atoms with Crippen LogP contribution in [0.1, 0.15) is 0 Å². The van der Waals surface area contributed by atoms with E-state index in [9.17, 15) is 4.79 Å². The molecule has 3 rings (SSSR count). The molecule has 1 fully saturated rings. The Hall–Kier alpha value is -0.980. The Labute approximate surface area is 126 Å². The van der Waals surface area contributed by atoms with Gasteiger partial charge < -0.3 is 26.6 Å². The lowest BCUT2D eigenvalue weighted by Crippen LogP contribution is -3.00. The number of hydrogen-bond acceptors (Lipinski definition) is 3. The van der Waals surface area contributed by atoms with Gasteiger partial charge in [0.1, 0.15) is 4.70 Å². The molecule has 1 aliphatic rings. The summed E-state index contributed by atoms with van der Waals surface area (Å²) >= 11 is 1.67. The molecule has 1 aromatic carbocycles. The molecule has 2 heterocycles. The van der Waals surface area contributed by atoms with Gasteiger partial charge in [0.15, 0.2) is 0 Å². The van der Waals surface area contributed by atoms with Crippen molar-refractivity contribution in [3.63, 3.8) is 0 Å². The molecule has 102 valence electrons. The van der Waals surface area contributed by atoms with Gasteiger partial charge in [-0.3, -0.25) is 4.79 Å². The molecular formula is C13H15BrN2O2S. The summed E-state index contributed by atoms with van der Waals surface area (Å²) in [5, 5.41) is 0. The molecular weight excluding hydrogens is 328 g/mol. The van der Waals surface area contributed by atoms with Crippen LogP contribution >= 0.6 is 11.3 Å². The second kappa shape index (κ2) is 6.45. The summed E-state index contributed by atoms with van der Waals surface area (Å²) in [6.07, 6.45) is 0. The minimum Gasteiger partial charge on any atom is -1.00 e. The molecule has 0 saturated carbocycles. The number of nitrogens with zero attached hydrogens (tertiary/aromatic N) is 2. The van der Waals surface area contributed by atoms with Gasteiger partial charge in [0.05, 0.1) is 13.2 Å². The highest BCUT2D eigenvalue weighted by molar-refractivity contribution is 7.16. The standard InChI is InChI=1S/C13H15N2O2S.BrH/c16-13(14-5-7-17-8-6-14)9-15-10-18-12-4-2-1-3-11(12)15;/h1-4,10H,5-9H2;1H/q+1;/p-1. The van der Waals surface area contributed by atoms with Crippen molar-refractivity contribution in [2.75, 3.05) is 26.3 Å². The Morgan fingerprint density at radius 1 is 1.32 bits per heavy atom. The number of para-hydroxylation sites is 1. The Balaban J connectivity index is 0.00000133. The molecule has 19 heavy (non-hydrogen) atoms. The second-order valence-corrected chi connectivity index (χ2v) is 5.20. The molecule has 0 bridgehead atoms. The number of aromatic nitrogens is 1. The maximum atomic E-state index is 12.2. The van der Waals surface area contributed by atoms with Crippen molar-refractivity contribution in [3.05, 3.63) is 29.8 Å². The fourth-order valence-corrected chi connectivity index (χ4v) is 3.04. The van der Waals surface area contributed by atoms with Crippen LogP contribution in [0.2, 0.25) is 0 Å². The third-order valence-corrected chi connectivity index (χ3v) is 4.11. The van der Waals surface area contributed by atoms with Gasteiger partial charge in [-0.25, -0.2) is 0 Å². The normalized spacial score (nSPS) is 15.3. The molecule has 0 atom stereocenters. The number of thiazole rings is 1. The molecule has 1 aliphatic heterocycles. The largest absolute Gasteiger partial charge is 1.00 e. The van der Waals surface area contributed by atoms with E-state index in [1.807, 2.05) is 27.1 Å². The van der Waals surface area contributed by atoms with E-state index in [0.29, 0.717) is 32.8 Å². The van der Waals surface area contributed by atoms with Crippen molar-refractivity contribution >= 4 is 27.5 Å². The highest BCUT2D eigenvalue weighted by Gasteiger charge is 2.22. The topological polar surface area (TPSA) is 33.4 Å². The van der Waals surface area contributed by atoms with E-state index in [-0.39, 0.29) is 22.9 Å². The number of ether oxygens (including phenoxy) is 1. The van der Waals surface area contributed by atoms with Crippen LogP contribution in [0.5, 0.6) is 0 Å². The molecule has 0 N–H and O–H groups in total. The third-order valence-electron chi connectivity index (χ3n) is 3.15. The predicted molar refractivity (Wildman–Crippen MR) is 69.4 cm³/mol. The van der Waals surface area contributed by atoms with Crippen molar-refractivity contribution in [1.82, 2.24) is 4.90 Å². The number of rotatable bonds is 2. The Kier molecular flexibility index (Phi) is 4.90. The van der Waals surface area contributed by atoms with Crippen molar-refractivity contribution in [3.8, 4) is 0 Å². The lowest BCUT2D eigenvalue weighted by atomic mass is 10.3. The summed E-state index contributed by atoms with van der Waals surface area (Å²) in [4.78, 5) is 14.0. The summed E-state index contributed by atoms with van der Waals surface area (Å²) in [6.45, 7) is 3.15. The number of fused-ring (bicyclic) bond motifs is 1. The van der Waals surface area contributed by atoms with Gasteiger partial charge >= 0.3 is 0 Å². The molecule has 1 saturated heterocycles. The summed E-state index contributed by atoms with van der Waals surface area (Å²) in [7, 11) is 0. The number of halogens is 1. The Morgan fingerprint density at radius 3 is 2.84 bits per heavy atom. The zero-order chi connectivity index (χ0) is 12.4. The number of amides is 1. The molecule has 0 radical (unpaired) electrons. The summed E-state index contributed by atoms with van der Waals surface area (Å²) in [5.41, 5.74) is 3.15. The van der Waals surface area contributed by atoms with Crippen LogP contribution in [0.3, 0.4) is 0 Å². The first-order valence-corrected chi connectivity index (χ1v) is 6.94. The van der Waals surface area contributed by atoms with E-state index in [0.717, 1.165) is 5.52 Å². The van der Waals surface area contributed by atoms with Crippen molar-refractivity contribution in [2.24, 2.45) is 0 Å². The predicted octanol–water partition coefficient (Wildman–Crippen LogP) is -1.95. The van der Waals surface area contributed by atoms with Gasteiger partial charge in [-0.05, 0) is 6.07 Å². The Bertz CT molecular complexity index is 567. The fraction of sp³-hybridized carbons (Fsp3) is 0.385. The maximum Gasteiger partial charge on any atom is 0.288 e. The molecule has 2 aromatic rings. The van der Waals surface area contributed by atoms with Gasteiger partial charge in [-0.2, -0.15) is 4.57 Å². The average Bonchev–Trinajstić information content (AvgIpc) is 2.83. The number of hydrogen-bond donors (Lipinski definition) is 0. The number of morpholine rings is 1. The number of benzene rings is 1. The van der Waals surface area contributed by atoms with Crippen LogP contribution in [0.4, 0.5) is 0 Å². The van der Waals surface area contributed by atoms with Gasteiger partial charge in [-0.15, -0.1) is 0 Å². The van der Waals surface area contributed by atoms with E-state index in [4.69, 9.17) is 4.74 Å². The molecule has 0 spiro atoms. The number of carbonyl (C=O) groups is 1. The zero-order valence-corrected chi connectivity index (χ0v) is 12.8. The first-order valence-electron chi connectivity index (χ1n) is 6.06. The highest BCUT2D eigenvalue weighted by atomic mass is 79.9. The van der Waals surface area contributed by atoms with Crippen LogP contribution in [-0.4, -0.2) is 37.1 Å². The summed E-state index contributed by atoms with van der Waals surface area (Å²) in [5.74, 6) is 0.173. The summed E-state index contributed by atoms with van der Waals surface area (Å²) in [6, 6.07) is 8.16. The minimum atomic E-state index is 0. The van der Waals surface area contributed by atoms with E-state index in [1.165, 1.54) is 4.70 Å². The second-order valence-electron chi connectivity index (χ2n) is 4.31. The smallest absolute Gasteiger partial charge is 0.288 e. The van der Waals surface area contributed by atoms with E-state index in [2.05, 4.69) is 12.1 Å². The molecule has 4 nitrogen and oxygen atoms in total. The molecule has 6 heteroatoms. The van der Waals surface area contributed by atoms with Crippen molar-refractivity contribution in [2.45, 2.75) is 6.54 Å². The Morgan fingerprint density at radius 2 is 2.05 bits per heavy atom. The maximum absolute atomic E-state index is 12.2.